The van der Waals surface area contributed by atoms with Crippen LogP contribution >= 0.6 is 0 Å². The molecule has 1 aliphatic rings. The van der Waals surface area contributed by atoms with Crippen molar-refractivity contribution in [2.24, 2.45) is 28.9 Å². The molecule has 14 N–H and O–H groups in total. The predicted octanol–water partition coefficient (Wildman–Crippen LogP) is -0.302. The Labute approximate surface area is 367 Å². The number of unbranched alkanes of at least 4 members (excludes halogenated alkanes) is 2. The van der Waals surface area contributed by atoms with E-state index in [1.54, 1.807) is 4.90 Å². The first-order valence-corrected chi connectivity index (χ1v) is 22.3. The highest BCUT2D eigenvalue weighted by Crippen LogP contribution is 2.12. The van der Waals surface area contributed by atoms with Gasteiger partial charge in [-0.25, -0.2) is 0 Å². The molecule has 0 aromatic heterocycles. The zero-order valence-electron chi connectivity index (χ0n) is 36.7. The number of nitrogens with one attached hydrogen (secondary N) is 6. The molecule has 0 saturated carbocycles. The number of rotatable bonds is 28. The van der Waals surface area contributed by atoms with Crippen LogP contribution in [0.25, 0.3) is 0 Å². The molecule has 1 heterocycles. The maximum atomic E-state index is 14.0. The van der Waals surface area contributed by atoms with Crippen LogP contribution in [-0.2, 0) is 41.6 Å². The van der Waals surface area contributed by atoms with Crippen LogP contribution in [0.5, 0.6) is 0 Å². The first-order chi connectivity index (χ1) is 29.8. The Morgan fingerprint density at radius 2 is 1.10 bits per heavy atom. The van der Waals surface area contributed by atoms with Crippen LogP contribution in [0.2, 0.25) is 0 Å². The third-order valence-corrected chi connectivity index (χ3v) is 10.8. The molecule has 62 heavy (non-hydrogen) atoms. The normalized spacial score (nSPS) is 15.6. The van der Waals surface area contributed by atoms with Gasteiger partial charge in [0.25, 0.3) is 0 Å². The summed E-state index contributed by atoms with van der Waals surface area (Å²) in [6, 6.07) is 13.2. The standard InChI is InChI=1S/C45H73N11O6/c1-31(2)28-38(55-44(61)39(30-33-16-7-4-8-17-33)54-41(58)35(49)29-32-14-5-3-6-15-32)43(60)52-36(19-9-11-21-46)42(59)51-23-12-10-20-37(45(62)56-26-24-50-25-27-56)53-40(57)34(48)18-13-22-47/h3-8,14-17,31,34-39,50H,9-13,18-30,46-49H2,1-2H3,(H,51,59)(H,52,60)(H,53,57)(H,54,58)(H,55,61)/t34-,35-,36-,37+,38-,39-/m1/s1. The number of amides is 6. The van der Waals surface area contributed by atoms with Gasteiger partial charge < -0.3 is 59.7 Å². The van der Waals surface area contributed by atoms with Gasteiger partial charge in [-0.1, -0.05) is 74.5 Å². The maximum Gasteiger partial charge on any atom is 0.245 e. The topological polar surface area (TPSA) is 282 Å². The minimum Gasteiger partial charge on any atom is -0.354 e. The van der Waals surface area contributed by atoms with Gasteiger partial charge in [-0.2, -0.15) is 0 Å². The Balaban J connectivity index is 1.66. The van der Waals surface area contributed by atoms with Crippen LogP contribution < -0.4 is 54.8 Å². The van der Waals surface area contributed by atoms with Crippen molar-refractivity contribution in [1.82, 2.24) is 36.8 Å². The van der Waals surface area contributed by atoms with E-state index in [0.717, 1.165) is 11.1 Å². The van der Waals surface area contributed by atoms with Crippen molar-refractivity contribution in [2.75, 3.05) is 45.8 Å². The average Bonchev–Trinajstić information content (AvgIpc) is 3.27. The van der Waals surface area contributed by atoms with E-state index < -0.39 is 59.9 Å². The lowest BCUT2D eigenvalue weighted by atomic mass is 9.99. The summed E-state index contributed by atoms with van der Waals surface area (Å²) in [6.07, 6.45) is 4.63. The van der Waals surface area contributed by atoms with E-state index in [9.17, 15) is 28.8 Å². The molecule has 1 saturated heterocycles. The number of benzene rings is 2. The van der Waals surface area contributed by atoms with Crippen LogP contribution in [0, 0.1) is 5.92 Å². The number of carbonyl (C=O) groups excluding carboxylic acids is 6. The molecule has 1 aliphatic heterocycles. The van der Waals surface area contributed by atoms with Crippen molar-refractivity contribution >= 4 is 35.4 Å². The van der Waals surface area contributed by atoms with E-state index in [2.05, 4.69) is 31.9 Å². The lowest BCUT2D eigenvalue weighted by Crippen LogP contribution is -2.58. The third kappa shape index (κ3) is 19.0. The predicted molar refractivity (Wildman–Crippen MR) is 241 cm³/mol. The maximum absolute atomic E-state index is 14.0. The third-order valence-electron chi connectivity index (χ3n) is 10.8. The van der Waals surface area contributed by atoms with Gasteiger partial charge in [-0.05, 0) is 94.3 Å². The molecular weight excluding hydrogens is 791 g/mol. The first-order valence-electron chi connectivity index (χ1n) is 22.3. The van der Waals surface area contributed by atoms with Gasteiger partial charge in [-0.3, -0.25) is 28.8 Å². The summed E-state index contributed by atoms with van der Waals surface area (Å²) in [5, 5.41) is 17.6. The monoisotopic (exact) mass is 864 g/mol. The van der Waals surface area contributed by atoms with Crippen molar-refractivity contribution < 1.29 is 28.8 Å². The van der Waals surface area contributed by atoms with Crippen molar-refractivity contribution in [3.05, 3.63) is 71.8 Å². The number of carbonyl (C=O) groups is 6. The second-order valence-electron chi connectivity index (χ2n) is 16.5. The molecule has 2 aromatic rings. The van der Waals surface area contributed by atoms with Gasteiger partial charge in [0.05, 0.1) is 12.1 Å². The second kappa shape index (κ2) is 28.6. The summed E-state index contributed by atoms with van der Waals surface area (Å²) in [5.41, 5.74) is 25.4. The van der Waals surface area contributed by atoms with E-state index in [4.69, 9.17) is 22.9 Å². The van der Waals surface area contributed by atoms with Gasteiger partial charge in [0, 0.05) is 39.1 Å². The minimum absolute atomic E-state index is 0.00854. The Morgan fingerprint density at radius 3 is 1.71 bits per heavy atom. The smallest absolute Gasteiger partial charge is 0.245 e. The second-order valence-corrected chi connectivity index (χ2v) is 16.5. The number of nitrogens with zero attached hydrogens (tertiary/aromatic N) is 1. The molecule has 0 spiro atoms. The van der Waals surface area contributed by atoms with E-state index in [1.165, 1.54) is 0 Å². The first kappa shape index (κ1) is 51.4. The van der Waals surface area contributed by atoms with Crippen LogP contribution in [0.15, 0.2) is 60.7 Å². The fourth-order valence-corrected chi connectivity index (χ4v) is 7.23. The number of nitrogens with two attached hydrogens (primary N) is 4. The quantitative estimate of drug-likeness (QED) is 0.0496. The molecule has 17 nitrogen and oxygen atoms in total. The van der Waals surface area contributed by atoms with Crippen molar-refractivity contribution in [3.63, 3.8) is 0 Å². The lowest BCUT2D eigenvalue weighted by Gasteiger charge is -2.31. The Hall–Kier alpha value is -4.94. The highest BCUT2D eigenvalue weighted by atomic mass is 16.2. The average molecular weight is 864 g/mol. The Bertz CT molecular complexity index is 1660. The zero-order chi connectivity index (χ0) is 45.3. The van der Waals surface area contributed by atoms with E-state index in [1.807, 2.05) is 74.5 Å². The summed E-state index contributed by atoms with van der Waals surface area (Å²) in [5.74, 6) is -2.55. The van der Waals surface area contributed by atoms with E-state index >= 15 is 0 Å². The van der Waals surface area contributed by atoms with Gasteiger partial charge in [0.15, 0.2) is 0 Å². The van der Waals surface area contributed by atoms with Gasteiger partial charge in [-0.15, -0.1) is 0 Å². The SMILES string of the molecule is CC(C)C[C@@H](NC(=O)[C@@H](Cc1ccccc1)NC(=O)[C@H](N)Cc1ccccc1)C(=O)N[C@H](CCCCN)C(=O)NCCCC[C@H](NC(=O)[C@H](N)CCCN)C(=O)N1CCNCC1. The molecule has 17 heteroatoms. The largest absolute Gasteiger partial charge is 0.354 e. The fourth-order valence-electron chi connectivity index (χ4n) is 7.23. The zero-order valence-corrected chi connectivity index (χ0v) is 36.7. The number of piperazine rings is 1. The summed E-state index contributed by atoms with van der Waals surface area (Å²) in [7, 11) is 0. The molecule has 344 valence electrons. The molecule has 2 aromatic carbocycles. The molecule has 0 aliphatic carbocycles. The van der Waals surface area contributed by atoms with Crippen molar-refractivity contribution in [3.8, 4) is 0 Å². The van der Waals surface area contributed by atoms with Crippen LogP contribution in [0.1, 0.15) is 82.8 Å². The Morgan fingerprint density at radius 1 is 0.581 bits per heavy atom. The van der Waals surface area contributed by atoms with Crippen LogP contribution in [0.4, 0.5) is 0 Å². The Kier molecular flexibility index (Phi) is 23.7. The molecule has 0 unspecified atom stereocenters. The molecule has 3 rings (SSSR count). The van der Waals surface area contributed by atoms with Crippen molar-refractivity contribution in [2.45, 2.75) is 121 Å². The van der Waals surface area contributed by atoms with Crippen molar-refractivity contribution in [1.29, 1.82) is 0 Å². The summed E-state index contributed by atoms with van der Waals surface area (Å²) in [6.45, 7) is 7.34. The van der Waals surface area contributed by atoms with Gasteiger partial charge in [0.2, 0.25) is 35.4 Å². The molecule has 0 radical (unpaired) electrons. The molecule has 1 fully saturated rings. The van der Waals surface area contributed by atoms with E-state index in [-0.39, 0.29) is 43.5 Å². The van der Waals surface area contributed by atoms with Crippen LogP contribution in [-0.4, -0.2) is 122 Å². The molecular formula is C45H73N11O6. The molecule has 6 amide bonds. The summed E-state index contributed by atoms with van der Waals surface area (Å²) in [4.78, 5) is 83.1. The summed E-state index contributed by atoms with van der Waals surface area (Å²) >= 11 is 0. The van der Waals surface area contributed by atoms with Gasteiger partial charge >= 0.3 is 0 Å². The van der Waals surface area contributed by atoms with Crippen LogP contribution in [0.3, 0.4) is 0 Å². The number of hydrogen-bond acceptors (Lipinski definition) is 11. The molecule has 0 bridgehead atoms. The lowest BCUT2D eigenvalue weighted by molar-refractivity contribution is -0.137. The van der Waals surface area contributed by atoms with Gasteiger partial charge in [0.1, 0.15) is 24.2 Å². The minimum atomic E-state index is -1.04. The highest BCUT2D eigenvalue weighted by Gasteiger charge is 2.32. The number of hydrogen-bond donors (Lipinski definition) is 10. The molecule has 6 atom stereocenters. The van der Waals surface area contributed by atoms with E-state index in [0.29, 0.717) is 90.6 Å². The summed E-state index contributed by atoms with van der Waals surface area (Å²) < 4.78 is 0. The highest BCUT2D eigenvalue weighted by molar-refractivity contribution is 5.95. The fraction of sp³-hybridized carbons (Fsp3) is 0.600.